The van der Waals surface area contributed by atoms with Crippen LogP contribution in [0, 0.1) is 0 Å². The van der Waals surface area contributed by atoms with Crippen LogP contribution in [0.25, 0.3) is 81.8 Å². The van der Waals surface area contributed by atoms with Crippen molar-refractivity contribution < 1.29 is 0 Å². The zero-order chi connectivity index (χ0) is 35.1. The first-order chi connectivity index (χ1) is 26.1. The first kappa shape index (κ1) is 30.6. The molecule has 0 saturated carbocycles. The number of aromatic nitrogens is 4. The maximum atomic E-state index is 5.34. The number of rotatable bonds is 4. The fraction of sp³-hybridized carbons (Fsp3) is 0. The fourth-order valence-electron chi connectivity index (χ4n) is 8.12. The Bertz CT molecular complexity index is 3280. The van der Waals surface area contributed by atoms with Gasteiger partial charge in [0.05, 0.1) is 0 Å². The first-order valence-corrected chi connectivity index (χ1v) is 21.7. The molecule has 4 heterocycles. The van der Waals surface area contributed by atoms with Crippen LogP contribution in [0.4, 0.5) is 0 Å². The van der Waals surface area contributed by atoms with Crippen molar-refractivity contribution in [1.82, 2.24) is 19.4 Å². The number of nitrogens with zero attached hydrogens (tertiary/aromatic N) is 4. The fourth-order valence-corrected chi connectivity index (χ4v) is 12.8. The number of fused-ring (bicyclic) bond motifs is 12. The molecule has 0 fully saturated rings. The molecular weight excluding hydrogens is 730 g/mol. The third-order valence-electron chi connectivity index (χ3n) is 10.7. The third kappa shape index (κ3) is 4.69. The first-order valence-electron chi connectivity index (χ1n) is 17.7. The average molecular weight is 760 g/mol. The Balaban J connectivity index is 1.11. The molecule has 0 bridgehead atoms. The minimum atomic E-state index is -2.10. The van der Waals surface area contributed by atoms with Crippen LogP contribution >= 0.6 is 5.51 Å². The van der Waals surface area contributed by atoms with E-state index in [9.17, 15) is 0 Å². The second-order valence-electron chi connectivity index (χ2n) is 13.7. The molecule has 0 aliphatic heterocycles. The van der Waals surface area contributed by atoms with Gasteiger partial charge in [0.15, 0.2) is 0 Å². The van der Waals surface area contributed by atoms with Crippen molar-refractivity contribution in [2.45, 2.75) is 0 Å². The van der Waals surface area contributed by atoms with E-state index < -0.39 is 5.51 Å². The molecule has 11 aromatic rings. The van der Waals surface area contributed by atoms with Crippen LogP contribution in [0.3, 0.4) is 0 Å². The van der Waals surface area contributed by atoms with Gasteiger partial charge in [0.2, 0.25) is 0 Å². The Morgan fingerprint density at radius 1 is 0.491 bits per heavy atom. The van der Waals surface area contributed by atoms with Crippen LogP contribution in [0.5, 0.6) is 0 Å². The molecule has 4 aromatic heterocycles. The van der Waals surface area contributed by atoms with Crippen LogP contribution < -0.4 is 16.0 Å². The van der Waals surface area contributed by atoms with Gasteiger partial charge in [-0.15, -0.1) is 0 Å². The van der Waals surface area contributed by atoms with Crippen molar-refractivity contribution in [3.8, 4) is 11.1 Å². The summed E-state index contributed by atoms with van der Waals surface area (Å²) in [5.41, 5.74) is 5.46. The van der Waals surface area contributed by atoms with Gasteiger partial charge in [-0.3, -0.25) is 0 Å². The van der Waals surface area contributed by atoms with E-state index in [0.29, 0.717) is 0 Å². The summed E-state index contributed by atoms with van der Waals surface area (Å²) in [6.07, 6.45) is 5.77. The Kier molecular flexibility index (Phi) is 6.81. The molecule has 0 spiro atoms. The zero-order valence-corrected chi connectivity index (χ0v) is 31.0. The number of pyridine rings is 3. The van der Waals surface area contributed by atoms with Crippen LogP contribution in [0.15, 0.2) is 176 Å². The molecule has 0 saturated heterocycles. The molecule has 4 nitrogen and oxygen atoms in total. The summed E-state index contributed by atoms with van der Waals surface area (Å²) in [4.78, 5) is 14.8. The SMILES string of the molecule is [Se]=P(c1ccccc1)(c1ccncc1)c1cc2ccc(-c3ccc4nc5c6c7ccccc7ccc6c6cc7ccccc7cc6n5c4c3)cc2cn1. The maximum absolute atomic E-state index is 5.34. The molecule has 7 aromatic carbocycles. The van der Waals surface area contributed by atoms with E-state index in [4.69, 9.17) is 9.97 Å². The topological polar surface area (TPSA) is 43.1 Å². The molecule has 0 radical (unpaired) electrons. The van der Waals surface area contributed by atoms with Crippen molar-refractivity contribution >= 4 is 107 Å². The predicted molar refractivity (Wildman–Crippen MR) is 226 cm³/mol. The van der Waals surface area contributed by atoms with E-state index >= 15 is 0 Å². The van der Waals surface area contributed by atoms with Crippen LogP contribution in [-0.4, -0.2) is 34.5 Å². The van der Waals surface area contributed by atoms with Gasteiger partial charge < -0.3 is 0 Å². The van der Waals surface area contributed by atoms with E-state index in [1.54, 1.807) is 0 Å². The number of benzene rings is 7. The van der Waals surface area contributed by atoms with Gasteiger partial charge in [0.1, 0.15) is 0 Å². The van der Waals surface area contributed by atoms with E-state index in [-0.39, 0.29) is 0 Å². The summed E-state index contributed by atoms with van der Waals surface area (Å²) < 4.78 is 2.38. The van der Waals surface area contributed by atoms with E-state index in [2.05, 4.69) is 182 Å². The standard InChI is InChI=1S/C47H29N4PSe/c53-52(37-11-2-1-3-12-37,38-20-22-48-23-21-38)45-28-35-15-14-33(24-36(35)29-49-45)34-17-19-42-44(27-34)51-43-26-32-10-5-4-9-31(32)25-41(43)40-18-16-30-8-6-7-13-39(30)46(40)47(51)50-42/h1-29H. The van der Waals surface area contributed by atoms with Gasteiger partial charge in [-0.2, -0.15) is 0 Å². The molecule has 1 unspecified atom stereocenters. The van der Waals surface area contributed by atoms with Gasteiger partial charge in [-0.05, 0) is 39.1 Å². The van der Waals surface area contributed by atoms with E-state index in [1.807, 2.05) is 18.6 Å². The molecule has 0 aliphatic rings. The van der Waals surface area contributed by atoms with Crippen molar-refractivity contribution in [3.05, 3.63) is 176 Å². The van der Waals surface area contributed by atoms with Gasteiger partial charge in [0.25, 0.3) is 0 Å². The minimum absolute atomic E-state index is 0.979. The Morgan fingerprint density at radius 2 is 1.17 bits per heavy atom. The van der Waals surface area contributed by atoms with Crippen molar-refractivity contribution in [2.24, 2.45) is 0 Å². The van der Waals surface area contributed by atoms with E-state index in [1.165, 1.54) is 48.3 Å². The van der Waals surface area contributed by atoms with Crippen molar-refractivity contribution in [1.29, 1.82) is 0 Å². The summed E-state index contributed by atoms with van der Waals surface area (Å²) >= 11 is 3.63. The average Bonchev–Trinajstić information content (AvgIpc) is 3.62. The van der Waals surface area contributed by atoms with Crippen LogP contribution in [-0.2, 0) is 0 Å². The van der Waals surface area contributed by atoms with Crippen LogP contribution in [0.2, 0.25) is 0 Å². The monoisotopic (exact) mass is 760 g/mol. The molecule has 1 atom stereocenters. The Hall–Kier alpha value is -5.96. The summed E-state index contributed by atoms with van der Waals surface area (Å²) in [5, 5.41) is 13.2. The Labute approximate surface area is 312 Å². The quantitative estimate of drug-likeness (QED) is 0.0777. The van der Waals surface area contributed by atoms with Gasteiger partial charge in [-0.1, -0.05) is 60.7 Å². The Morgan fingerprint density at radius 3 is 2.02 bits per heavy atom. The van der Waals surface area contributed by atoms with Gasteiger partial charge >= 0.3 is 204 Å². The van der Waals surface area contributed by atoms with Crippen LogP contribution in [0.1, 0.15) is 0 Å². The summed E-state index contributed by atoms with van der Waals surface area (Å²) in [6.45, 7) is 0. The molecule has 0 amide bonds. The van der Waals surface area contributed by atoms with Crippen molar-refractivity contribution in [2.75, 3.05) is 0 Å². The molecule has 0 N–H and O–H groups in total. The molecule has 6 heteroatoms. The normalized spacial score (nSPS) is 13.1. The number of imidazole rings is 1. The number of hydrogen-bond acceptors (Lipinski definition) is 3. The summed E-state index contributed by atoms with van der Waals surface area (Å²) in [5.74, 6) is 0. The van der Waals surface area contributed by atoms with Gasteiger partial charge in [0, 0.05) is 10.8 Å². The predicted octanol–water partition coefficient (Wildman–Crippen LogP) is 10.1. The summed E-state index contributed by atoms with van der Waals surface area (Å²) in [6, 6.07) is 57.0. The molecule has 53 heavy (non-hydrogen) atoms. The van der Waals surface area contributed by atoms with Gasteiger partial charge in [-0.25, -0.2) is 0 Å². The molecule has 0 aliphatic carbocycles. The number of hydrogen-bond donors (Lipinski definition) is 0. The van der Waals surface area contributed by atoms with E-state index in [0.717, 1.165) is 49.5 Å². The van der Waals surface area contributed by atoms with Crippen molar-refractivity contribution in [3.63, 3.8) is 0 Å². The third-order valence-corrected chi connectivity index (χ3v) is 17.5. The second-order valence-corrected chi connectivity index (χ2v) is 19.8. The summed E-state index contributed by atoms with van der Waals surface area (Å²) in [7, 11) is 0. The second kappa shape index (κ2) is 11.8. The molecular formula is C47H29N4PSe. The molecule has 248 valence electrons. The zero-order valence-electron chi connectivity index (χ0n) is 28.4. The molecule has 11 rings (SSSR count).